The average molecular weight is 336 g/mol. The fourth-order valence-electron chi connectivity index (χ4n) is 4.29. The molecule has 3 aliphatic heterocycles. The summed E-state index contributed by atoms with van der Waals surface area (Å²) in [5.41, 5.74) is 1.18. The van der Waals surface area contributed by atoms with E-state index < -0.39 is 5.92 Å². The quantitative estimate of drug-likeness (QED) is 0.836. The lowest BCUT2D eigenvalue weighted by atomic mass is 9.94. The molecule has 4 rings (SSSR count). The lowest BCUT2D eigenvalue weighted by Crippen LogP contribution is -2.43. The Labute approximate surface area is 142 Å². The molecule has 3 saturated heterocycles. The topological polar surface area (TPSA) is 15.7 Å². The fraction of sp³-hybridized carbons (Fsp3) is 0.684. The molecule has 1 aromatic rings. The summed E-state index contributed by atoms with van der Waals surface area (Å²) < 4.78 is 32.8. The zero-order chi connectivity index (χ0) is 16.6. The lowest BCUT2D eigenvalue weighted by molar-refractivity contribution is -0.0566. The van der Waals surface area contributed by atoms with E-state index in [4.69, 9.17) is 4.74 Å². The molecule has 2 atom stereocenters. The van der Waals surface area contributed by atoms with Gasteiger partial charge in [-0.25, -0.2) is 8.78 Å². The highest BCUT2D eigenvalue weighted by molar-refractivity contribution is 5.28. The first-order chi connectivity index (χ1) is 11.5. The number of hydrogen-bond acceptors (Lipinski definition) is 3. The van der Waals surface area contributed by atoms with Gasteiger partial charge in [0.05, 0.1) is 0 Å². The monoisotopic (exact) mass is 336 g/mol. The third kappa shape index (κ3) is 3.57. The van der Waals surface area contributed by atoms with Crippen LogP contribution in [0.25, 0.3) is 0 Å². The minimum Gasteiger partial charge on any atom is -0.486 e. The van der Waals surface area contributed by atoms with Crippen LogP contribution in [0.15, 0.2) is 24.3 Å². The number of piperidine rings is 2. The summed E-state index contributed by atoms with van der Waals surface area (Å²) >= 11 is 0. The van der Waals surface area contributed by atoms with E-state index in [0.29, 0.717) is 13.1 Å². The van der Waals surface area contributed by atoms with Gasteiger partial charge >= 0.3 is 0 Å². The Balaban J connectivity index is 1.33. The number of alkyl halides is 2. The summed E-state index contributed by atoms with van der Waals surface area (Å²) in [5.74, 6) is -1.53. The molecule has 0 N–H and O–H groups in total. The van der Waals surface area contributed by atoms with Crippen LogP contribution in [0, 0.1) is 0 Å². The van der Waals surface area contributed by atoms with Gasteiger partial charge in [0.2, 0.25) is 0 Å². The van der Waals surface area contributed by atoms with E-state index in [-0.39, 0.29) is 18.4 Å². The van der Waals surface area contributed by atoms with Crippen molar-refractivity contribution in [1.82, 2.24) is 9.80 Å². The third-order valence-corrected chi connectivity index (χ3v) is 5.75. The molecule has 1 aromatic carbocycles. The van der Waals surface area contributed by atoms with Crippen molar-refractivity contribution >= 4 is 0 Å². The molecular formula is C19H26F2N2O. The molecule has 2 bridgehead atoms. The second-order valence-electron chi connectivity index (χ2n) is 7.69. The predicted molar refractivity (Wildman–Crippen MR) is 89.6 cm³/mol. The highest BCUT2D eigenvalue weighted by atomic mass is 19.3. The number of hydrogen-bond donors (Lipinski definition) is 0. The highest BCUT2D eigenvalue weighted by Gasteiger charge is 2.42. The van der Waals surface area contributed by atoms with Gasteiger partial charge in [-0.1, -0.05) is 12.1 Å². The van der Waals surface area contributed by atoms with Crippen LogP contribution in [-0.2, 0) is 6.54 Å². The number of halogens is 2. The van der Waals surface area contributed by atoms with Crippen molar-refractivity contribution in [3.63, 3.8) is 0 Å². The maximum atomic E-state index is 13.2. The zero-order valence-corrected chi connectivity index (χ0v) is 14.1. The normalized spacial score (nSPS) is 32.7. The molecule has 0 radical (unpaired) electrons. The van der Waals surface area contributed by atoms with Gasteiger partial charge in [0.1, 0.15) is 11.4 Å². The van der Waals surface area contributed by atoms with E-state index >= 15 is 0 Å². The Morgan fingerprint density at radius 1 is 0.917 bits per heavy atom. The van der Waals surface area contributed by atoms with Gasteiger partial charge in [-0.05, 0) is 37.1 Å². The molecule has 0 saturated carbocycles. The Morgan fingerprint density at radius 3 is 2.42 bits per heavy atom. The third-order valence-electron chi connectivity index (χ3n) is 5.75. The van der Waals surface area contributed by atoms with Crippen LogP contribution in [0.1, 0.15) is 37.7 Å². The van der Waals surface area contributed by atoms with Crippen LogP contribution in [0.3, 0.4) is 0 Å². The first kappa shape index (κ1) is 16.3. The molecule has 0 aliphatic carbocycles. The summed E-state index contributed by atoms with van der Waals surface area (Å²) in [6.07, 6.45) is 3.45. The summed E-state index contributed by atoms with van der Waals surface area (Å²) in [4.78, 5) is 4.60. The van der Waals surface area contributed by atoms with Crippen molar-refractivity contribution in [2.45, 2.75) is 50.2 Å². The maximum Gasteiger partial charge on any atom is 0.250 e. The first-order valence-electron chi connectivity index (χ1n) is 9.13. The molecule has 3 fully saturated rings. The second kappa shape index (κ2) is 6.26. The van der Waals surface area contributed by atoms with Crippen molar-refractivity contribution < 1.29 is 13.5 Å². The standard InChI is InChI=1S/C19H26F2N2O/c20-19(21)8-12-22(13-9-19)14-16-2-4-17(5-3-16)24-18-6-1-10-23(15-18)11-7-18/h2-5H,1,6-15H2/t18-/m1/s1. The van der Waals surface area contributed by atoms with Crippen LogP contribution < -0.4 is 4.74 Å². The largest absolute Gasteiger partial charge is 0.486 e. The molecule has 5 heteroatoms. The van der Waals surface area contributed by atoms with Gasteiger partial charge in [-0.2, -0.15) is 0 Å². The van der Waals surface area contributed by atoms with Crippen molar-refractivity contribution in [3.8, 4) is 5.75 Å². The van der Waals surface area contributed by atoms with E-state index in [2.05, 4.69) is 21.9 Å². The first-order valence-corrected chi connectivity index (χ1v) is 9.13. The van der Waals surface area contributed by atoms with Crippen LogP contribution in [0.2, 0.25) is 0 Å². The maximum absolute atomic E-state index is 13.2. The van der Waals surface area contributed by atoms with E-state index in [1.165, 1.54) is 18.5 Å². The van der Waals surface area contributed by atoms with Crippen molar-refractivity contribution in [1.29, 1.82) is 0 Å². The number of ether oxygens (including phenoxy) is 1. The van der Waals surface area contributed by atoms with E-state index in [1.54, 1.807) is 0 Å². The molecule has 0 amide bonds. The number of nitrogens with zero attached hydrogens (tertiary/aromatic N) is 2. The summed E-state index contributed by atoms with van der Waals surface area (Å²) in [6, 6.07) is 8.24. The van der Waals surface area contributed by atoms with E-state index in [9.17, 15) is 8.78 Å². The molecule has 3 nitrogen and oxygen atoms in total. The summed E-state index contributed by atoms with van der Waals surface area (Å²) in [7, 11) is 0. The number of likely N-dealkylation sites (tertiary alicyclic amines) is 1. The van der Waals surface area contributed by atoms with Gasteiger partial charge in [-0.3, -0.25) is 9.80 Å². The Hall–Kier alpha value is -1.20. The highest BCUT2D eigenvalue weighted by Crippen LogP contribution is 2.36. The van der Waals surface area contributed by atoms with Crippen molar-refractivity contribution in [2.24, 2.45) is 0 Å². The fourth-order valence-corrected chi connectivity index (χ4v) is 4.29. The van der Waals surface area contributed by atoms with Crippen LogP contribution in [0.4, 0.5) is 8.78 Å². The molecule has 3 heterocycles. The molecular weight excluding hydrogens is 310 g/mol. The zero-order valence-electron chi connectivity index (χ0n) is 14.1. The Kier molecular flexibility index (Phi) is 4.25. The van der Waals surface area contributed by atoms with E-state index in [0.717, 1.165) is 38.2 Å². The SMILES string of the molecule is FC1(F)CCN(Cc2ccc(O[C@]34CCCN(CC3)C4)cc2)CC1. The molecule has 132 valence electrons. The van der Waals surface area contributed by atoms with Crippen LogP contribution in [-0.4, -0.2) is 54.0 Å². The molecule has 24 heavy (non-hydrogen) atoms. The molecule has 0 spiro atoms. The van der Waals surface area contributed by atoms with E-state index in [1.807, 2.05) is 12.1 Å². The number of benzene rings is 1. The number of rotatable bonds is 4. The van der Waals surface area contributed by atoms with Gasteiger partial charge in [0.15, 0.2) is 0 Å². The van der Waals surface area contributed by atoms with Gasteiger partial charge in [0.25, 0.3) is 5.92 Å². The van der Waals surface area contributed by atoms with Gasteiger partial charge < -0.3 is 4.74 Å². The van der Waals surface area contributed by atoms with Crippen molar-refractivity contribution in [2.75, 3.05) is 32.7 Å². The van der Waals surface area contributed by atoms with Crippen molar-refractivity contribution in [3.05, 3.63) is 29.8 Å². The molecule has 3 aliphatic rings. The summed E-state index contributed by atoms with van der Waals surface area (Å²) in [5, 5.41) is 0. The Bertz CT molecular complexity index is 563. The minimum atomic E-state index is -2.47. The Morgan fingerprint density at radius 2 is 1.67 bits per heavy atom. The minimum absolute atomic E-state index is 0.0121. The second-order valence-corrected chi connectivity index (χ2v) is 7.69. The number of fused-ring (bicyclic) bond motifs is 2. The molecule has 0 aromatic heterocycles. The lowest BCUT2D eigenvalue weighted by Gasteiger charge is -2.34. The smallest absolute Gasteiger partial charge is 0.250 e. The van der Waals surface area contributed by atoms with Crippen LogP contribution >= 0.6 is 0 Å². The summed E-state index contributed by atoms with van der Waals surface area (Å²) in [6.45, 7) is 5.11. The average Bonchev–Trinajstić information content (AvgIpc) is 2.85. The van der Waals surface area contributed by atoms with Crippen LogP contribution in [0.5, 0.6) is 5.75 Å². The van der Waals surface area contributed by atoms with Gasteiger partial charge in [0, 0.05) is 52.0 Å². The van der Waals surface area contributed by atoms with Gasteiger partial charge in [-0.15, -0.1) is 0 Å². The molecule has 1 unspecified atom stereocenters. The predicted octanol–water partition coefficient (Wildman–Crippen LogP) is 3.53.